The Hall–Kier alpha value is -1.06. The summed E-state index contributed by atoms with van der Waals surface area (Å²) in [4.78, 5) is 11.9. The summed E-state index contributed by atoms with van der Waals surface area (Å²) in [6.45, 7) is 6.04. The second-order valence-electron chi connectivity index (χ2n) is 5.02. The fourth-order valence-corrected chi connectivity index (χ4v) is 1.90. The monoisotopic (exact) mass is 268 g/mol. The van der Waals surface area contributed by atoms with E-state index in [-0.39, 0.29) is 11.9 Å². The molecule has 0 aliphatic carbocycles. The van der Waals surface area contributed by atoms with E-state index in [0.717, 1.165) is 5.56 Å². The summed E-state index contributed by atoms with van der Waals surface area (Å²) >= 11 is 5.82. The molecule has 0 aliphatic rings. The van der Waals surface area contributed by atoms with Gasteiger partial charge in [-0.2, -0.15) is 0 Å². The molecule has 0 bridgehead atoms. The van der Waals surface area contributed by atoms with Gasteiger partial charge in [0, 0.05) is 5.02 Å². The maximum atomic E-state index is 11.9. The number of nitrogens with two attached hydrogens (primary N) is 1. The number of halogens is 1. The van der Waals surface area contributed by atoms with Crippen LogP contribution in [-0.2, 0) is 4.79 Å². The summed E-state index contributed by atoms with van der Waals surface area (Å²) in [5.41, 5.74) is 6.85. The minimum atomic E-state index is -0.445. The average molecular weight is 269 g/mol. The van der Waals surface area contributed by atoms with Crippen molar-refractivity contribution in [3.05, 3.63) is 34.9 Å². The molecule has 100 valence electrons. The van der Waals surface area contributed by atoms with E-state index >= 15 is 0 Å². The first-order valence-electron chi connectivity index (χ1n) is 6.21. The second-order valence-corrected chi connectivity index (χ2v) is 5.45. The van der Waals surface area contributed by atoms with Gasteiger partial charge in [0.25, 0.3) is 0 Å². The Balaban J connectivity index is 2.56. The van der Waals surface area contributed by atoms with Crippen molar-refractivity contribution in [3.8, 4) is 0 Å². The molecular formula is C14H21ClN2O. The van der Waals surface area contributed by atoms with Gasteiger partial charge in [-0.3, -0.25) is 4.79 Å². The maximum Gasteiger partial charge on any atom is 0.237 e. The SMILES string of the molecule is CC(C)C[C@@H](N)C(=O)NC(C)c1ccc(Cl)cc1. The van der Waals surface area contributed by atoms with Crippen molar-refractivity contribution in [2.75, 3.05) is 0 Å². The van der Waals surface area contributed by atoms with Crippen LogP contribution < -0.4 is 11.1 Å². The average Bonchev–Trinajstić information content (AvgIpc) is 2.28. The first-order chi connectivity index (χ1) is 8.40. The molecule has 0 heterocycles. The van der Waals surface area contributed by atoms with Gasteiger partial charge in [0.05, 0.1) is 12.1 Å². The third-order valence-electron chi connectivity index (χ3n) is 2.79. The number of hydrogen-bond donors (Lipinski definition) is 2. The number of carbonyl (C=O) groups is 1. The molecule has 1 aromatic carbocycles. The first-order valence-corrected chi connectivity index (χ1v) is 6.59. The molecule has 0 saturated carbocycles. The summed E-state index contributed by atoms with van der Waals surface area (Å²) in [6, 6.07) is 6.93. The Morgan fingerprint density at radius 2 is 1.83 bits per heavy atom. The van der Waals surface area contributed by atoms with E-state index in [4.69, 9.17) is 17.3 Å². The quantitative estimate of drug-likeness (QED) is 0.863. The number of amides is 1. The maximum absolute atomic E-state index is 11.9. The zero-order valence-electron chi connectivity index (χ0n) is 11.1. The molecule has 0 aromatic heterocycles. The van der Waals surface area contributed by atoms with E-state index in [2.05, 4.69) is 19.2 Å². The normalized spacial score (nSPS) is 14.3. The fourth-order valence-electron chi connectivity index (χ4n) is 1.77. The minimum absolute atomic E-state index is 0.0621. The highest BCUT2D eigenvalue weighted by atomic mass is 35.5. The molecule has 0 saturated heterocycles. The smallest absolute Gasteiger partial charge is 0.237 e. The highest BCUT2D eigenvalue weighted by Crippen LogP contribution is 2.16. The number of hydrogen-bond acceptors (Lipinski definition) is 2. The largest absolute Gasteiger partial charge is 0.348 e. The second kappa shape index (κ2) is 6.76. The third kappa shape index (κ3) is 4.67. The topological polar surface area (TPSA) is 55.1 Å². The zero-order valence-corrected chi connectivity index (χ0v) is 11.9. The predicted octanol–water partition coefficient (Wildman–Crippen LogP) is 2.89. The molecule has 0 radical (unpaired) electrons. The van der Waals surface area contributed by atoms with Gasteiger partial charge in [0.2, 0.25) is 5.91 Å². The molecule has 1 unspecified atom stereocenters. The van der Waals surface area contributed by atoms with Crippen LogP contribution in [0, 0.1) is 5.92 Å². The Kier molecular flexibility index (Phi) is 5.63. The molecule has 2 atom stereocenters. The fraction of sp³-hybridized carbons (Fsp3) is 0.500. The van der Waals surface area contributed by atoms with Gasteiger partial charge in [-0.05, 0) is 37.0 Å². The lowest BCUT2D eigenvalue weighted by molar-refractivity contribution is -0.123. The van der Waals surface area contributed by atoms with E-state index in [1.165, 1.54) is 0 Å². The molecule has 3 nitrogen and oxygen atoms in total. The lowest BCUT2D eigenvalue weighted by Gasteiger charge is -2.19. The van der Waals surface area contributed by atoms with E-state index in [0.29, 0.717) is 17.4 Å². The molecule has 18 heavy (non-hydrogen) atoms. The van der Waals surface area contributed by atoms with Gasteiger partial charge in [-0.1, -0.05) is 37.6 Å². The van der Waals surface area contributed by atoms with Crippen LogP contribution in [0.1, 0.15) is 38.8 Å². The van der Waals surface area contributed by atoms with Crippen LogP contribution in [0.3, 0.4) is 0 Å². The van der Waals surface area contributed by atoms with E-state index in [1.54, 1.807) is 0 Å². The van der Waals surface area contributed by atoms with Gasteiger partial charge in [0.1, 0.15) is 0 Å². The predicted molar refractivity (Wildman–Crippen MR) is 75.4 cm³/mol. The van der Waals surface area contributed by atoms with Crippen molar-refractivity contribution in [2.45, 2.75) is 39.3 Å². The highest BCUT2D eigenvalue weighted by Gasteiger charge is 2.17. The third-order valence-corrected chi connectivity index (χ3v) is 3.04. The number of rotatable bonds is 5. The van der Waals surface area contributed by atoms with Crippen molar-refractivity contribution in [1.29, 1.82) is 0 Å². The van der Waals surface area contributed by atoms with Crippen molar-refractivity contribution in [2.24, 2.45) is 11.7 Å². The summed E-state index contributed by atoms with van der Waals surface area (Å²) in [7, 11) is 0. The Bertz CT molecular complexity index is 389. The Morgan fingerprint density at radius 3 is 2.33 bits per heavy atom. The summed E-state index contributed by atoms with van der Waals surface area (Å²) < 4.78 is 0. The van der Waals surface area contributed by atoms with Crippen LogP contribution in [0.25, 0.3) is 0 Å². The van der Waals surface area contributed by atoms with E-state index in [9.17, 15) is 4.79 Å². The van der Waals surface area contributed by atoms with Gasteiger partial charge in [-0.15, -0.1) is 0 Å². The minimum Gasteiger partial charge on any atom is -0.348 e. The Labute approximate surface area is 114 Å². The standard InChI is InChI=1S/C14H21ClN2O/c1-9(2)8-13(16)14(18)17-10(3)11-4-6-12(15)7-5-11/h4-7,9-10,13H,8,16H2,1-3H3,(H,17,18)/t10?,13-/m1/s1. The van der Waals surface area contributed by atoms with Crippen molar-refractivity contribution in [3.63, 3.8) is 0 Å². The molecule has 1 aromatic rings. The van der Waals surface area contributed by atoms with Crippen LogP contribution >= 0.6 is 11.6 Å². The van der Waals surface area contributed by atoms with Crippen LogP contribution in [0.4, 0.5) is 0 Å². The van der Waals surface area contributed by atoms with Crippen molar-refractivity contribution in [1.82, 2.24) is 5.32 Å². The van der Waals surface area contributed by atoms with Crippen LogP contribution in [0.5, 0.6) is 0 Å². The van der Waals surface area contributed by atoms with Crippen LogP contribution in [0.15, 0.2) is 24.3 Å². The van der Waals surface area contributed by atoms with Gasteiger partial charge in [0.15, 0.2) is 0 Å². The molecule has 4 heteroatoms. The molecule has 3 N–H and O–H groups in total. The molecule has 1 amide bonds. The number of benzene rings is 1. The summed E-state index contributed by atoms with van der Waals surface area (Å²) in [5, 5.41) is 3.60. The lowest BCUT2D eigenvalue weighted by Crippen LogP contribution is -2.42. The van der Waals surface area contributed by atoms with Crippen molar-refractivity contribution < 1.29 is 4.79 Å². The summed E-state index contributed by atoms with van der Waals surface area (Å²) in [5.74, 6) is 0.308. The van der Waals surface area contributed by atoms with Gasteiger partial charge in [-0.25, -0.2) is 0 Å². The zero-order chi connectivity index (χ0) is 13.7. The van der Waals surface area contributed by atoms with Gasteiger partial charge >= 0.3 is 0 Å². The van der Waals surface area contributed by atoms with Crippen molar-refractivity contribution >= 4 is 17.5 Å². The van der Waals surface area contributed by atoms with E-state index < -0.39 is 6.04 Å². The number of carbonyl (C=O) groups excluding carboxylic acids is 1. The number of nitrogens with one attached hydrogen (secondary N) is 1. The van der Waals surface area contributed by atoms with Gasteiger partial charge < -0.3 is 11.1 Å². The summed E-state index contributed by atoms with van der Waals surface area (Å²) in [6.07, 6.45) is 0.694. The van der Waals surface area contributed by atoms with E-state index in [1.807, 2.05) is 31.2 Å². The Morgan fingerprint density at radius 1 is 1.28 bits per heavy atom. The molecular weight excluding hydrogens is 248 g/mol. The molecule has 0 spiro atoms. The highest BCUT2D eigenvalue weighted by molar-refractivity contribution is 6.30. The molecule has 0 aliphatic heterocycles. The van der Waals surface area contributed by atoms with Crippen LogP contribution in [0.2, 0.25) is 5.02 Å². The first kappa shape index (κ1) is 15.0. The molecule has 1 rings (SSSR count). The molecule has 0 fully saturated rings. The lowest BCUT2D eigenvalue weighted by atomic mass is 10.0. The van der Waals surface area contributed by atoms with Crippen LogP contribution in [-0.4, -0.2) is 11.9 Å².